The summed E-state index contributed by atoms with van der Waals surface area (Å²) in [5.41, 5.74) is 0.204. The van der Waals surface area contributed by atoms with E-state index in [-0.39, 0.29) is 22.3 Å². The van der Waals surface area contributed by atoms with Crippen LogP contribution in [0.3, 0.4) is 0 Å². The van der Waals surface area contributed by atoms with Crippen molar-refractivity contribution >= 4 is 21.5 Å². The summed E-state index contributed by atoms with van der Waals surface area (Å²) in [5, 5.41) is 11.9. The number of fused-ring (bicyclic) bond motifs is 1. The van der Waals surface area contributed by atoms with Gasteiger partial charge in [0.05, 0.1) is 17.0 Å². The van der Waals surface area contributed by atoms with Gasteiger partial charge in [-0.05, 0) is 19.1 Å². The molecule has 0 radical (unpaired) electrons. The first kappa shape index (κ1) is 10.9. The summed E-state index contributed by atoms with van der Waals surface area (Å²) in [4.78, 5) is 10.9. The van der Waals surface area contributed by atoms with E-state index in [9.17, 15) is 13.2 Å². The molecular formula is C10H11NO4S. The molecule has 1 atom stereocenters. The third-order valence-corrected chi connectivity index (χ3v) is 4.43. The first-order chi connectivity index (χ1) is 7.42. The van der Waals surface area contributed by atoms with Crippen molar-refractivity contribution < 1.29 is 18.3 Å². The van der Waals surface area contributed by atoms with Crippen LogP contribution in [0.5, 0.6) is 0 Å². The van der Waals surface area contributed by atoms with Crippen LogP contribution in [-0.4, -0.2) is 31.3 Å². The van der Waals surface area contributed by atoms with Crippen LogP contribution < -0.4 is 5.32 Å². The molecule has 6 heteroatoms. The van der Waals surface area contributed by atoms with Gasteiger partial charge in [0, 0.05) is 6.04 Å². The van der Waals surface area contributed by atoms with Gasteiger partial charge < -0.3 is 10.4 Å². The van der Waals surface area contributed by atoms with Gasteiger partial charge in [-0.2, -0.15) is 0 Å². The molecular weight excluding hydrogens is 230 g/mol. The van der Waals surface area contributed by atoms with Gasteiger partial charge in [-0.25, -0.2) is 13.2 Å². The number of benzene rings is 1. The quantitative estimate of drug-likeness (QED) is 0.765. The van der Waals surface area contributed by atoms with Crippen molar-refractivity contribution in [1.29, 1.82) is 0 Å². The third-order valence-electron chi connectivity index (χ3n) is 2.43. The number of rotatable bonds is 1. The molecule has 0 aromatic heterocycles. The van der Waals surface area contributed by atoms with Crippen LogP contribution in [0.2, 0.25) is 0 Å². The first-order valence-electron chi connectivity index (χ1n) is 4.77. The van der Waals surface area contributed by atoms with E-state index in [2.05, 4.69) is 5.32 Å². The van der Waals surface area contributed by atoms with Crippen molar-refractivity contribution in [3.63, 3.8) is 0 Å². The number of hydrogen-bond acceptors (Lipinski definition) is 4. The van der Waals surface area contributed by atoms with Crippen LogP contribution in [-0.2, 0) is 9.84 Å². The largest absolute Gasteiger partial charge is 0.478 e. The molecule has 2 rings (SSSR count). The third kappa shape index (κ3) is 1.65. The number of nitrogens with one attached hydrogen (secondary N) is 1. The molecule has 0 aliphatic carbocycles. The van der Waals surface area contributed by atoms with E-state index in [0.29, 0.717) is 5.69 Å². The van der Waals surface area contributed by atoms with Crippen molar-refractivity contribution in [2.45, 2.75) is 17.9 Å². The van der Waals surface area contributed by atoms with Gasteiger partial charge in [0.15, 0.2) is 9.84 Å². The van der Waals surface area contributed by atoms with Crippen molar-refractivity contribution in [1.82, 2.24) is 0 Å². The second-order valence-electron chi connectivity index (χ2n) is 3.81. The highest BCUT2D eigenvalue weighted by molar-refractivity contribution is 7.91. The number of hydrogen-bond donors (Lipinski definition) is 2. The molecule has 0 bridgehead atoms. The van der Waals surface area contributed by atoms with Crippen LogP contribution >= 0.6 is 0 Å². The lowest BCUT2D eigenvalue weighted by atomic mass is 10.2. The zero-order valence-corrected chi connectivity index (χ0v) is 9.41. The number of carboxylic acids is 1. The lowest BCUT2D eigenvalue weighted by Gasteiger charge is -2.25. The van der Waals surface area contributed by atoms with E-state index >= 15 is 0 Å². The average Bonchev–Trinajstić information content (AvgIpc) is 2.14. The molecule has 1 heterocycles. The summed E-state index contributed by atoms with van der Waals surface area (Å²) < 4.78 is 23.8. The number of aromatic carboxylic acids is 1. The van der Waals surface area contributed by atoms with Crippen LogP contribution in [0.1, 0.15) is 17.3 Å². The summed E-state index contributed by atoms with van der Waals surface area (Å²) in [6.07, 6.45) is 0. The maximum atomic E-state index is 11.9. The smallest absolute Gasteiger partial charge is 0.337 e. The molecule has 1 unspecified atom stereocenters. The Kier molecular flexibility index (Phi) is 2.38. The number of carbonyl (C=O) groups is 1. The molecule has 5 nitrogen and oxygen atoms in total. The van der Waals surface area contributed by atoms with Crippen LogP contribution in [0.25, 0.3) is 0 Å². The average molecular weight is 241 g/mol. The second-order valence-corrected chi connectivity index (χ2v) is 5.79. The van der Waals surface area contributed by atoms with Gasteiger partial charge in [-0.15, -0.1) is 0 Å². The normalized spacial score (nSPS) is 21.9. The van der Waals surface area contributed by atoms with E-state index in [0.717, 1.165) is 0 Å². The standard InChI is InChI=1S/C10H11NO4S/c1-6-5-16(14,15)9-7(10(12)13)3-2-4-8(9)11-6/h2-4,6,11H,5H2,1H3,(H,12,13). The van der Waals surface area contributed by atoms with E-state index in [1.165, 1.54) is 12.1 Å². The van der Waals surface area contributed by atoms with Gasteiger partial charge in [0.2, 0.25) is 0 Å². The highest BCUT2D eigenvalue weighted by Gasteiger charge is 2.31. The summed E-state index contributed by atoms with van der Waals surface area (Å²) in [6, 6.07) is 4.20. The highest BCUT2D eigenvalue weighted by Crippen LogP contribution is 2.31. The van der Waals surface area contributed by atoms with Gasteiger partial charge in [-0.3, -0.25) is 0 Å². The van der Waals surface area contributed by atoms with E-state index < -0.39 is 15.8 Å². The summed E-state index contributed by atoms with van der Waals surface area (Å²) in [6.45, 7) is 1.74. The number of carboxylic acid groups (broad SMARTS) is 1. The van der Waals surface area contributed by atoms with Gasteiger partial charge >= 0.3 is 5.97 Å². The Morgan fingerprint density at radius 2 is 2.19 bits per heavy atom. The topological polar surface area (TPSA) is 83.5 Å². The SMILES string of the molecule is CC1CS(=O)(=O)c2c(cccc2C(=O)O)N1. The zero-order valence-electron chi connectivity index (χ0n) is 8.60. The van der Waals surface area contributed by atoms with E-state index in [4.69, 9.17) is 5.11 Å². The summed E-state index contributed by atoms with van der Waals surface area (Å²) in [5.74, 6) is -1.30. The zero-order chi connectivity index (χ0) is 11.9. The highest BCUT2D eigenvalue weighted by atomic mass is 32.2. The Morgan fingerprint density at radius 1 is 1.50 bits per heavy atom. The van der Waals surface area contributed by atoms with Gasteiger partial charge in [0.25, 0.3) is 0 Å². The molecule has 86 valence electrons. The molecule has 0 saturated carbocycles. The van der Waals surface area contributed by atoms with Crippen molar-refractivity contribution in [3.05, 3.63) is 23.8 Å². The molecule has 1 aliphatic rings. The van der Waals surface area contributed by atoms with Crippen LogP contribution in [0, 0.1) is 0 Å². The Labute approximate surface area is 93.0 Å². The fraction of sp³-hybridized carbons (Fsp3) is 0.300. The lowest BCUT2D eigenvalue weighted by molar-refractivity contribution is 0.0692. The van der Waals surface area contributed by atoms with Crippen molar-refractivity contribution in [3.8, 4) is 0 Å². The Morgan fingerprint density at radius 3 is 2.81 bits per heavy atom. The fourth-order valence-electron chi connectivity index (χ4n) is 1.87. The molecule has 16 heavy (non-hydrogen) atoms. The maximum absolute atomic E-state index is 11.9. The fourth-order valence-corrected chi connectivity index (χ4v) is 3.73. The summed E-state index contributed by atoms with van der Waals surface area (Å²) >= 11 is 0. The van der Waals surface area contributed by atoms with Crippen LogP contribution in [0.15, 0.2) is 23.1 Å². The van der Waals surface area contributed by atoms with Gasteiger partial charge in [0.1, 0.15) is 4.90 Å². The number of sulfone groups is 1. The minimum Gasteiger partial charge on any atom is -0.478 e. The Bertz CT molecular complexity index is 550. The van der Waals surface area contributed by atoms with Gasteiger partial charge in [-0.1, -0.05) is 6.07 Å². The Balaban J connectivity index is 2.74. The molecule has 0 spiro atoms. The Hall–Kier alpha value is -1.56. The molecule has 0 fully saturated rings. The minimum atomic E-state index is -3.51. The molecule has 1 aromatic rings. The predicted molar refractivity (Wildman–Crippen MR) is 58.5 cm³/mol. The van der Waals surface area contributed by atoms with Crippen molar-refractivity contribution in [2.75, 3.05) is 11.1 Å². The van der Waals surface area contributed by atoms with E-state index in [1.54, 1.807) is 13.0 Å². The predicted octanol–water partition coefficient (Wildman–Crippen LogP) is 0.972. The minimum absolute atomic E-state index is 0.0791. The lowest BCUT2D eigenvalue weighted by Crippen LogP contribution is -2.32. The first-order valence-corrected chi connectivity index (χ1v) is 6.42. The molecule has 0 amide bonds. The second kappa shape index (κ2) is 3.48. The number of anilines is 1. The molecule has 1 aromatic carbocycles. The van der Waals surface area contributed by atoms with Crippen molar-refractivity contribution in [2.24, 2.45) is 0 Å². The van der Waals surface area contributed by atoms with E-state index in [1.807, 2.05) is 0 Å². The molecule has 1 aliphatic heterocycles. The molecule has 0 saturated heterocycles. The van der Waals surface area contributed by atoms with Crippen LogP contribution in [0.4, 0.5) is 5.69 Å². The maximum Gasteiger partial charge on any atom is 0.337 e. The molecule has 2 N–H and O–H groups in total. The monoisotopic (exact) mass is 241 g/mol. The summed E-state index contributed by atoms with van der Waals surface area (Å²) in [7, 11) is -3.51.